The number of aliphatic hydroxyl groups excluding tert-OH is 1. The summed E-state index contributed by atoms with van der Waals surface area (Å²) in [5.41, 5.74) is 6.47. The lowest BCUT2D eigenvalue weighted by molar-refractivity contribution is 0.150. The van der Waals surface area contributed by atoms with Crippen molar-refractivity contribution in [2.75, 3.05) is 0 Å². The van der Waals surface area contributed by atoms with Gasteiger partial charge in [0.1, 0.15) is 0 Å². The first kappa shape index (κ1) is 18.0. The van der Waals surface area contributed by atoms with Gasteiger partial charge in [0.2, 0.25) is 0 Å². The van der Waals surface area contributed by atoms with Crippen molar-refractivity contribution >= 4 is 31.9 Å². The summed E-state index contributed by atoms with van der Waals surface area (Å²) in [6.07, 6.45) is 2.15. The maximum absolute atomic E-state index is 10.7. The van der Waals surface area contributed by atoms with E-state index in [2.05, 4.69) is 92.5 Å². The molecule has 1 nitrogen and oxygen atoms in total. The molecule has 0 amide bonds. The number of aryl methyl sites for hydroxylation is 1. The topological polar surface area (TPSA) is 20.2 Å². The highest BCUT2D eigenvalue weighted by Gasteiger charge is 2.30. The third kappa shape index (κ3) is 3.66. The van der Waals surface area contributed by atoms with Crippen LogP contribution in [0.2, 0.25) is 0 Å². The molecule has 1 aliphatic carbocycles. The molecule has 3 aromatic carbocycles. The number of fused-ring (bicyclic) bond motifs is 3. The number of benzene rings is 3. The van der Waals surface area contributed by atoms with Crippen molar-refractivity contribution in [1.82, 2.24) is 0 Å². The zero-order valence-electron chi connectivity index (χ0n) is 14.3. The van der Waals surface area contributed by atoms with Gasteiger partial charge in [0.25, 0.3) is 0 Å². The molecule has 1 aliphatic rings. The molecule has 0 heterocycles. The number of halogens is 2. The zero-order chi connectivity index (χ0) is 18.1. The van der Waals surface area contributed by atoms with Gasteiger partial charge in [-0.25, -0.2) is 0 Å². The van der Waals surface area contributed by atoms with Gasteiger partial charge in [-0.2, -0.15) is 0 Å². The quantitative estimate of drug-likeness (QED) is 0.438. The Bertz CT molecular complexity index is 869. The highest BCUT2D eigenvalue weighted by Crippen LogP contribution is 2.48. The van der Waals surface area contributed by atoms with E-state index in [1.165, 1.54) is 27.8 Å². The second-order valence-corrected chi connectivity index (χ2v) is 8.76. The Morgan fingerprint density at radius 3 is 1.96 bits per heavy atom. The molecule has 3 aromatic rings. The second-order valence-electron chi connectivity index (χ2n) is 6.93. The summed E-state index contributed by atoms with van der Waals surface area (Å²) < 4.78 is 2.18. The zero-order valence-corrected chi connectivity index (χ0v) is 17.5. The van der Waals surface area contributed by atoms with Crippen molar-refractivity contribution < 1.29 is 5.11 Å². The third-order valence-electron chi connectivity index (χ3n) is 5.19. The van der Waals surface area contributed by atoms with Gasteiger partial charge in [-0.3, -0.25) is 0 Å². The summed E-state index contributed by atoms with van der Waals surface area (Å²) >= 11 is 7.19. The maximum atomic E-state index is 10.7. The van der Waals surface area contributed by atoms with Gasteiger partial charge in [0, 0.05) is 14.9 Å². The van der Waals surface area contributed by atoms with E-state index in [4.69, 9.17) is 0 Å². The van der Waals surface area contributed by atoms with Gasteiger partial charge < -0.3 is 5.11 Å². The van der Waals surface area contributed by atoms with Crippen molar-refractivity contribution in [3.05, 3.63) is 92.4 Å². The maximum Gasteiger partial charge on any atom is 0.0552 e. The lowest BCUT2D eigenvalue weighted by Crippen LogP contribution is -2.13. The van der Waals surface area contributed by atoms with Crippen LogP contribution in [0.4, 0.5) is 0 Å². The third-order valence-corrected chi connectivity index (χ3v) is 6.18. The van der Waals surface area contributed by atoms with Crippen LogP contribution in [-0.4, -0.2) is 11.2 Å². The molecule has 0 spiro atoms. The van der Waals surface area contributed by atoms with Gasteiger partial charge in [-0.1, -0.05) is 74.3 Å². The van der Waals surface area contributed by atoms with Gasteiger partial charge in [-0.05, 0) is 71.3 Å². The smallest absolute Gasteiger partial charge is 0.0552 e. The van der Waals surface area contributed by atoms with Crippen LogP contribution < -0.4 is 0 Å². The first-order valence-electron chi connectivity index (χ1n) is 8.93. The van der Waals surface area contributed by atoms with E-state index < -0.39 is 0 Å². The van der Waals surface area contributed by atoms with E-state index in [1.54, 1.807) is 0 Å². The first-order valence-corrected chi connectivity index (χ1v) is 10.5. The van der Waals surface area contributed by atoms with Crippen LogP contribution in [0.1, 0.15) is 35.4 Å². The Hall–Kier alpha value is -1.42. The van der Waals surface area contributed by atoms with Crippen LogP contribution in [0.3, 0.4) is 0 Å². The summed E-state index contributed by atoms with van der Waals surface area (Å²) in [5, 5.41) is 10.7. The molecule has 3 heteroatoms. The van der Waals surface area contributed by atoms with Gasteiger partial charge in [-0.15, -0.1) is 0 Å². The molecule has 0 saturated carbocycles. The fourth-order valence-corrected chi connectivity index (χ4v) is 4.64. The minimum Gasteiger partial charge on any atom is -0.393 e. The molecule has 1 atom stereocenters. The average molecular weight is 472 g/mol. The Kier molecular flexibility index (Phi) is 5.30. The fraction of sp³-hybridized carbons (Fsp3) is 0.217. The molecule has 132 valence electrons. The number of hydrogen-bond donors (Lipinski definition) is 1. The van der Waals surface area contributed by atoms with Crippen LogP contribution in [-0.2, 0) is 6.42 Å². The van der Waals surface area contributed by atoms with Crippen molar-refractivity contribution in [3.8, 4) is 11.1 Å². The van der Waals surface area contributed by atoms with E-state index in [1.807, 2.05) is 6.07 Å². The summed E-state index contributed by atoms with van der Waals surface area (Å²) in [7, 11) is 0. The summed E-state index contributed by atoms with van der Waals surface area (Å²) in [6, 6.07) is 23.4. The highest BCUT2D eigenvalue weighted by molar-refractivity contribution is 9.10. The standard InChI is InChI=1S/C23H20Br2O/c24-16-7-10-19-21(12-16)22-13-17(25)8-11-20(22)23(19)14-18(26)9-6-15-4-2-1-3-5-15/h1-5,7-8,10-13,18,23,26H,6,9,14H2. The van der Waals surface area contributed by atoms with Crippen molar-refractivity contribution in [2.24, 2.45) is 0 Å². The predicted molar refractivity (Wildman–Crippen MR) is 115 cm³/mol. The molecule has 4 rings (SSSR count). The molecule has 0 bridgehead atoms. The number of hydrogen-bond acceptors (Lipinski definition) is 1. The van der Waals surface area contributed by atoms with Crippen LogP contribution >= 0.6 is 31.9 Å². The summed E-state index contributed by atoms with van der Waals surface area (Å²) in [4.78, 5) is 0. The second kappa shape index (κ2) is 7.67. The van der Waals surface area contributed by atoms with Crippen molar-refractivity contribution in [3.63, 3.8) is 0 Å². The highest BCUT2D eigenvalue weighted by atomic mass is 79.9. The van der Waals surface area contributed by atoms with Crippen molar-refractivity contribution in [1.29, 1.82) is 0 Å². The molecular weight excluding hydrogens is 452 g/mol. The number of aliphatic hydroxyl groups is 1. The van der Waals surface area contributed by atoms with E-state index in [0.717, 1.165) is 28.2 Å². The van der Waals surface area contributed by atoms with E-state index in [0.29, 0.717) is 0 Å². The molecule has 1 N–H and O–H groups in total. The molecule has 26 heavy (non-hydrogen) atoms. The van der Waals surface area contributed by atoms with Crippen LogP contribution in [0.25, 0.3) is 11.1 Å². The molecule has 1 unspecified atom stereocenters. The Morgan fingerprint density at radius 2 is 1.38 bits per heavy atom. The van der Waals surface area contributed by atoms with E-state index in [-0.39, 0.29) is 12.0 Å². The molecule has 0 aliphatic heterocycles. The largest absolute Gasteiger partial charge is 0.393 e. The van der Waals surface area contributed by atoms with Gasteiger partial charge in [0.05, 0.1) is 6.10 Å². The molecular formula is C23H20Br2O. The lowest BCUT2D eigenvalue weighted by Gasteiger charge is -2.18. The van der Waals surface area contributed by atoms with Gasteiger partial charge >= 0.3 is 0 Å². The van der Waals surface area contributed by atoms with Crippen LogP contribution in [0, 0.1) is 0 Å². The number of rotatable bonds is 5. The van der Waals surface area contributed by atoms with Crippen LogP contribution in [0.5, 0.6) is 0 Å². The van der Waals surface area contributed by atoms with E-state index >= 15 is 0 Å². The Morgan fingerprint density at radius 1 is 0.808 bits per heavy atom. The summed E-state index contributed by atoms with van der Waals surface area (Å²) in [5.74, 6) is 0.256. The summed E-state index contributed by atoms with van der Waals surface area (Å²) in [6.45, 7) is 0. The fourth-order valence-electron chi connectivity index (χ4n) is 3.92. The first-order chi connectivity index (χ1) is 12.6. The normalized spacial score (nSPS) is 14.1. The van der Waals surface area contributed by atoms with Gasteiger partial charge in [0.15, 0.2) is 0 Å². The Labute approximate surface area is 171 Å². The molecule has 0 aromatic heterocycles. The predicted octanol–water partition coefficient (Wildman–Crippen LogP) is 6.71. The lowest BCUT2D eigenvalue weighted by atomic mass is 9.89. The molecule has 0 saturated heterocycles. The van der Waals surface area contributed by atoms with Crippen molar-refractivity contribution in [2.45, 2.75) is 31.3 Å². The molecule has 0 radical (unpaired) electrons. The van der Waals surface area contributed by atoms with Crippen LogP contribution in [0.15, 0.2) is 75.7 Å². The molecule has 0 fully saturated rings. The average Bonchev–Trinajstić information content (AvgIpc) is 2.93. The minimum absolute atomic E-state index is 0.256. The monoisotopic (exact) mass is 470 g/mol. The minimum atomic E-state index is -0.314. The SMILES string of the molecule is OC(CCc1ccccc1)CC1c2ccc(Br)cc2-c2cc(Br)ccc21. The van der Waals surface area contributed by atoms with E-state index in [9.17, 15) is 5.11 Å². The Balaban J connectivity index is 1.57.